The summed E-state index contributed by atoms with van der Waals surface area (Å²) in [5.74, 6) is 0.373. The zero-order valence-electron chi connectivity index (χ0n) is 18.7. The summed E-state index contributed by atoms with van der Waals surface area (Å²) in [6.45, 7) is -1.55. The Morgan fingerprint density at radius 2 is 1.72 bits per heavy atom. The fourth-order valence-electron chi connectivity index (χ4n) is 3.08. The monoisotopic (exact) mass is 519 g/mol. The second-order valence-corrected chi connectivity index (χ2v) is 9.19. The van der Waals surface area contributed by atoms with Crippen LogP contribution < -0.4 is 20.1 Å². The molecule has 188 valence electrons. The van der Waals surface area contributed by atoms with Gasteiger partial charge in [-0.05, 0) is 55.6 Å². The van der Waals surface area contributed by atoms with Crippen LogP contribution in [0, 0.1) is 0 Å². The molecule has 0 radical (unpaired) electrons. The molecule has 14 heteroatoms. The molecule has 2 aromatic carbocycles. The minimum Gasteiger partial charge on any atom is -0.482 e. The topological polar surface area (TPSA) is 123 Å². The van der Waals surface area contributed by atoms with Gasteiger partial charge in [0.2, 0.25) is 10.0 Å². The van der Waals surface area contributed by atoms with E-state index in [1.807, 2.05) is 36.5 Å². The molecule has 0 spiro atoms. The van der Waals surface area contributed by atoms with Gasteiger partial charge in [0.05, 0.1) is 16.3 Å². The van der Waals surface area contributed by atoms with E-state index in [0.717, 1.165) is 23.9 Å². The van der Waals surface area contributed by atoms with Crippen molar-refractivity contribution in [2.75, 3.05) is 24.3 Å². The maximum absolute atomic E-state index is 12.7. The van der Waals surface area contributed by atoms with Crippen LogP contribution in [0.2, 0.25) is 0 Å². The third-order valence-corrected chi connectivity index (χ3v) is 6.17. The van der Waals surface area contributed by atoms with Gasteiger partial charge in [0.15, 0.2) is 6.61 Å². The van der Waals surface area contributed by atoms with E-state index < -0.39 is 22.8 Å². The number of rotatable bonds is 9. The van der Waals surface area contributed by atoms with Crippen LogP contribution in [0.1, 0.15) is 0 Å². The van der Waals surface area contributed by atoms with Crippen molar-refractivity contribution in [3.8, 4) is 11.4 Å². The summed E-state index contributed by atoms with van der Waals surface area (Å²) in [6.07, 6.45) is 0.151. The summed E-state index contributed by atoms with van der Waals surface area (Å²) in [7, 11) is -2.64. The van der Waals surface area contributed by atoms with Gasteiger partial charge < -0.3 is 15.4 Å². The standard InChI is InChI=1S/C22H20F3N7O3S/c1-26-36(33,34)17-7-8-19(35-13-22(23,24)25)18(11-17)31-21-12-20(27-14-28-21)30-15-3-5-16(6-4-15)32-10-2-9-29-32/h2-12,14,26H,13H2,1H3,(H2,27,28,30,31). The van der Waals surface area contributed by atoms with Crippen molar-refractivity contribution in [3.63, 3.8) is 0 Å². The molecule has 36 heavy (non-hydrogen) atoms. The summed E-state index contributed by atoms with van der Waals surface area (Å²) in [6, 6.07) is 14.1. The van der Waals surface area contributed by atoms with Gasteiger partial charge in [-0.15, -0.1) is 0 Å². The lowest BCUT2D eigenvalue weighted by molar-refractivity contribution is -0.153. The molecule has 2 heterocycles. The zero-order valence-corrected chi connectivity index (χ0v) is 19.5. The quantitative estimate of drug-likeness (QED) is 0.303. The minimum atomic E-state index is -4.58. The molecule has 0 aliphatic heterocycles. The SMILES string of the molecule is CNS(=O)(=O)c1ccc(OCC(F)(F)F)c(Nc2cc(Nc3ccc(-n4cccn4)cc3)ncn2)c1. The number of hydrogen-bond donors (Lipinski definition) is 3. The molecular weight excluding hydrogens is 499 g/mol. The number of halogens is 3. The van der Waals surface area contributed by atoms with Gasteiger partial charge in [0.1, 0.15) is 23.7 Å². The summed E-state index contributed by atoms with van der Waals surface area (Å²) >= 11 is 0. The summed E-state index contributed by atoms with van der Waals surface area (Å²) in [5.41, 5.74) is 1.55. The average Bonchev–Trinajstić information content (AvgIpc) is 3.38. The van der Waals surface area contributed by atoms with E-state index in [0.29, 0.717) is 11.5 Å². The minimum absolute atomic E-state index is 0.0243. The molecule has 0 bridgehead atoms. The first kappa shape index (κ1) is 24.9. The lowest BCUT2D eigenvalue weighted by Crippen LogP contribution is -2.20. The number of aromatic nitrogens is 4. The van der Waals surface area contributed by atoms with E-state index in [4.69, 9.17) is 4.74 Å². The number of alkyl halides is 3. The maximum atomic E-state index is 12.7. The van der Waals surface area contributed by atoms with E-state index in [9.17, 15) is 21.6 Å². The first-order valence-corrected chi connectivity index (χ1v) is 11.8. The fourth-order valence-corrected chi connectivity index (χ4v) is 3.83. The first-order valence-electron chi connectivity index (χ1n) is 10.4. The number of nitrogens with one attached hydrogen (secondary N) is 3. The molecule has 0 atom stereocenters. The van der Waals surface area contributed by atoms with E-state index in [-0.39, 0.29) is 22.2 Å². The fraction of sp³-hybridized carbons (Fsp3) is 0.136. The summed E-state index contributed by atoms with van der Waals surface area (Å²) in [5, 5.41) is 10.1. The Kier molecular flexibility index (Phi) is 7.07. The van der Waals surface area contributed by atoms with Gasteiger partial charge in [-0.3, -0.25) is 0 Å². The largest absolute Gasteiger partial charge is 0.482 e. The van der Waals surface area contributed by atoms with Gasteiger partial charge in [-0.25, -0.2) is 27.8 Å². The van der Waals surface area contributed by atoms with Gasteiger partial charge in [-0.1, -0.05) is 0 Å². The molecule has 0 unspecified atom stereocenters. The van der Waals surface area contributed by atoms with E-state index in [1.54, 1.807) is 10.9 Å². The van der Waals surface area contributed by atoms with Crippen LogP contribution in [-0.2, 0) is 10.0 Å². The highest BCUT2D eigenvalue weighted by Crippen LogP contribution is 2.32. The van der Waals surface area contributed by atoms with Crippen LogP contribution in [0.15, 0.2) is 78.2 Å². The Morgan fingerprint density at radius 1 is 1.00 bits per heavy atom. The van der Waals surface area contributed by atoms with Crippen molar-refractivity contribution in [3.05, 3.63) is 73.3 Å². The van der Waals surface area contributed by atoms with Crippen molar-refractivity contribution in [2.45, 2.75) is 11.1 Å². The summed E-state index contributed by atoms with van der Waals surface area (Å²) < 4.78 is 71.2. The number of anilines is 4. The summed E-state index contributed by atoms with van der Waals surface area (Å²) in [4.78, 5) is 8.04. The van der Waals surface area contributed by atoms with Crippen molar-refractivity contribution in [1.82, 2.24) is 24.5 Å². The van der Waals surface area contributed by atoms with Crippen LogP contribution in [0.4, 0.5) is 36.2 Å². The Morgan fingerprint density at radius 3 is 2.36 bits per heavy atom. The average molecular weight is 520 g/mol. The molecule has 0 amide bonds. The van der Waals surface area contributed by atoms with Crippen LogP contribution >= 0.6 is 0 Å². The number of nitrogens with zero attached hydrogens (tertiary/aromatic N) is 4. The normalized spacial score (nSPS) is 11.8. The molecule has 3 N–H and O–H groups in total. The molecule has 4 aromatic rings. The lowest BCUT2D eigenvalue weighted by atomic mass is 10.2. The zero-order chi connectivity index (χ0) is 25.8. The third-order valence-electron chi connectivity index (χ3n) is 4.76. The highest BCUT2D eigenvalue weighted by Gasteiger charge is 2.29. The Labute approximate surface area is 204 Å². The number of sulfonamides is 1. The first-order chi connectivity index (χ1) is 17.1. The Bertz CT molecular complexity index is 1430. The smallest absolute Gasteiger partial charge is 0.422 e. The van der Waals surface area contributed by atoms with Gasteiger partial charge in [-0.2, -0.15) is 18.3 Å². The molecule has 2 aromatic heterocycles. The molecule has 0 saturated heterocycles. The molecular formula is C22H20F3N7O3S. The predicted molar refractivity (Wildman–Crippen MR) is 126 cm³/mol. The van der Waals surface area contributed by atoms with Crippen molar-refractivity contribution >= 4 is 33.0 Å². The van der Waals surface area contributed by atoms with E-state index >= 15 is 0 Å². The highest BCUT2D eigenvalue weighted by molar-refractivity contribution is 7.89. The predicted octanol–water partition coefficient (Wildman–Crippen LogP) is 4.00. The Balaban J connectivity index is 1.56. The van der Waals surface area contributed by atoms with Gasteiger partial charge in [0.25, 0.3) is 0 Å². The van der Waals surface area contributed by atoms with Crippen molar-refractivity contribution in [1.29, 1.82) is 0 Å². The van der Waals surface area contributed by atoms with Crippen LogP contribution in [0.5, 0.6) is 5.75 Å². The van der Waals surface area contributed by atoms with Gasteiger partial charge in [0, 0.05) is 24.1 Å². The second-order valence-electron chi connectivity index (χ2n) is 7.31. The Hall–Kier alpha value is -4.17. The molecule has 4 rings (SSSR count). The highest BCUT2D eigenvalue weighted by atomic mass is 32.2. The maximum Gasteiger partial charge on any atom is 0.422 e. The lowest BCUT2D eigenvalue weighted by Gasteiger charge is -2.16. The van der Waals surface area contributed by atoms with Crippen LogP contribution in [-0.4, -0.2) is 48.0 Å². The van der Waals surface area contributed by atoms with Crippen molar-refractivity contribution in [2.24, 2.45) is 0 Å². The van der Waals surface area contributed by atoms with E-state index in [1.165, 1.54) is 19.4 Å². The van der Waals surface area contributed by atoms with E-state index in [2.05, 4.69) is 30.4 Å². The molecule has 10 nitrogen and oxygen atoms in total. The van der Waals surface area contributed by atoms with Crippen LogP contribution in [0.3, 0.4) is 0 Å². The third kappa shape index (κ3) is 6.28. The number of benzene rings is 2. The number of hydrogen-bond acceptors (Lipinski definition) is 8. The van der Waals surface area contributed by atoms with Gasteiger partial charge >= 0.3 is 6.18 Å². The van der Waals surface area contributed by atoms with Crippen molar-refractivity contribution < 1.29 is 26.3 Å². The number of ether oxygens (including phenoxy) is 1. The van der Waals surface area contributed by atoms with Crippen LogP contribution in [0.25, 0.3) is 5.69 Å². The molecule has 0 saturated carbocycles. The second kappa shape index (κ2) is 10.2. The molecule has 0 aliphatic rings. The molecule has 0 fully saturated rings. The molecule has 0 aliphatic carbocycles.